The smallest absolute Gasteiger partial charge is 0.308 e. The highest BCUT2D eigenvalue weighted by Gasteiger charge is 2.25. The van der Waals surface area contributed by atoms with Crippen molar-refractivity contribution in [1.82, 2.24) is 0 Å². The SMILES string of the molecule is COC(=O)CC(C)(O)COc1ccccc1. The minimum atomic E-state index is -1.22. The van der Waals surface area contributed by atoms with Gasteiger partial charge >= 0.3 is 5.97 Å². The summed E-state index contributed by atoms with van der Waals surface area (Å²) in [4.78, 5) is 11.0. The molecule has 0 aliphatic carbocycles. The summed E-state index contributed by atoms with van der Waals surface area (Å²) in [5, 5.41) is 9.85. The van der Waals surface area contributed by atoms with Crippen LogP contribution in [0, 0.1) is 0 Å². The third-order valence-corrected chi connectivity index (χ3v) is 2.05. The van der Waals surface area contributed by atoms with Gasteiger partial charge in [0.05, 0.1) is 13.5 Å². The number of hydrogen-bond donors (Lipinski definition) is 1. The van der Waals surface area contributed by atoms with Gasteiger partial charge in [-0.1, -0.05) is 18.2 Å². The second-order valence-corrected chi connectivity index (χ2v) is 3.85. The van der Waals surface area contributed by atoms with Crippen LogP contribution >= 0.6 is 0 Å². The second-order valence-electron chi connectivity index (χ2n) is 3.85. The molecule has 1 atom stereocenters. The average Bonchev–Trinajstić information content (AvgIpc) is 2.27. The van der Waals surface area contributed by atoms with Gasteiger partial charge in [0, 0.05) is 0 Å². The maximum atomic E-state index is 11.0. The fourth-order valence-corrected chi connectivity index (χ4v) is 1.19. The second kappa shape index (κ2) is 5.51. The number of para-hydroxylation sites is 1. The Bertz CT molecular complexity index is 332. The predicted octanol–water partition coefficient (Wildman–Crippen LogP) is 1.38. The van der Waals surface area contributed by atoms with Gasteiger partial charge in [-0.05, 0) is 19.1 Å². The Morgan fingerprint density at radius 2 is 2.00 bits per heavy atom. The van der Waals surface area contributed by atoms with Gasteiger partial charge < -0.3 is 14.6 Å². The Kier molecular flexibility index (Phi) is 4.31. The van der Waals surface area contributed by atoms with Crippen LogP contribution in [-0.2, 0) is 9.53 Å². The molecule has 1 N–H and O–H groups in total. The van der Waals surface area contributed by atoms with E-state index in [1.54, 1.807) is 12.1 Å². The molecule has 1 unspecified atom stereocenters. The lowest BCUT2D eigenvalue weighted by Gasteiger charge is -2.21. The molecule has 88 valence electrons. The average molecular weight is 224 g/mol. The number of esters is 1. The lowest BCUT2D eigenvalue weighted by molar-refractivity contribution is -0.146. The van der Waals surface area contributed by atoms with Gasteiger partial charge in [0.15, 0.2) is 0 Å². The first kappa shape index (κ1) is 12.5. The number of hydrogen-bond acceptors (Lipinski definition) is 4. The quantitative estimate of drug-likeness (QED) is 0.768. The molecule has 0 radical (unpaired) electrons. The molecule has 0 spiro atoms. The van der Waals surface area contributed by atoms with Gasteiger partial charge in [0.25, 0.3) is 0 Å². The topological polar surface area (TPSA) is 55.8 Å². The zero-order valence-corrected chi connectivity index (χ0v) is 9.47. The number of aliphatic hydroxyl groups is 1. The molecule has 0 aliphatic heterocycles. The van der Waals surface area contributed by atoms with Crippen molar-refractivity contribution in [3.05, 3.63) is 30.3 Å². The van der Waals surface area contributed by atoms with Gasteiger partial charge in [0.2, 0.25) is 0 Å². The first-order valence-corrected chi connectivity index (χ1v) is 5.00. The maximum Gasteiger partial charge on any atom is 0.308 e. The Balaban J connectivity index is 2.44. The summed E-state index contributed by atoms with van der Waals surface area (Å²) in [6.07, 6.45) is -0.0870. The van der Waals surface area contributed by atoms with E-state index in [0.717, 1.165) is 0 Å². The van der Waals surface area contributed by atoms with Gasteiger partial charge in [-0.3, -0.25) is 4.79 Å². The Hall–Kier alpha value is -1.55. The van der Waals surface area contributed by atoms with Crippen molar-refractivity contribution in [1.29, 1.82) is 0 Å². The summed E-state index contributed by atoms with van der Waals surface area (Å²) in [5.41, 5.74) is -1.22. The maximum absolute atomic E-state index is 11.0. The van der Waals surface area contributed by atoms with Crippen LogP contribution in [0.5, 0.6) is 5.75 Å². The lowest BCUT2D eigenvalue weighted by Crippen LogP contribution is -2.35. The summed E-state index contributed by atoms with van der Waals surface area (Å²) < 4.78 is 9.84. The Morgan fingerprint density at radius 3 is 2.56 bits per heavy atom. The van der Waals surface area contributed by atoms with Crippen LogP contribution in [-0.4, -0.2) is 30.4 Å². The molecule has 0 aliphatic rings. The largest absolute Gasteiger partial charge is 0.491 e. The molecule has 0 heterocycles. The molecule has 16 heavy (non-hydrogen) atoms. The van der Waals surface area contributed by atoms with Crippen LogP contribution in [0.4, 0.5) is 0 Å². The van der Waals surface area contributed by atoms with E-state index >= 15 is 0 Å². The Labute approximate surface area is 94.8 Å². The fraction of sp³-hybridized carbons (Fsp3) is 0.417. The minimum absolute atomic E-state index is 0.0477. The van der Waals surface area contributed by atoms with E-state index in [1.807, 2.05) is 18.2 Å². The van der Waals surface area contributed by atoms with Gasteiger partial charge in [0.1, 0.15) is 18.0 Å². The molecular formula is C12H16O4. The van der Waals surface area contributed by atoms with E-state index in [1.165, 1.54) is 14.0 Å². The van der Waals surface area contributed by atoms with Crippen molar-refractivity contribution >= 4 is 5.97 Å². The minimum Gasteiger partial charge on any atom is -0.491 e. The monoisotopic (exact) mass is 224 g/mol. The highest BCUT2D eigenvalue weighted by molar-refractivity contribution is 5.70. The number of ether oxygens (including phenoxy) is 2. The highest BCUT2D eigenvalue weighted by atomic mass is 16.5. The van der Waals surface area contributed by atoms with Crippen LogP contribution in [0.1, 0.15) is 13.3 Å². The molecule has 1 aromatic carbocycles. The molecule has 0 amide bonds. The number of methoxy groups -OCH3 is 1. The van der Waals surface area contributed by atoms with Crippen LogP contribution in [0.2, 0.25) is 0 Å². The number of carbonyl (C=O) groups is 1. The molecule has 4 heteroatoms. The first-order valence-electron chi connectivity index (χ1n) is 5.00. The van der Waals surface area contributed by atoms with E-state index < -0.39 is 11.6 Å². The molecule has 0 saturated heterocycles. The van der Waals surface area contributed by atoms with E-state index in [0.29, 0.717) is 5.75 Å². The zero-order chi connectivity index (χ0) is 12.0. The van der Waals surface area contributed by atoms with Crippen molar-refractivity contribution in [2.75, 3.05) is 13.7 Å². The predicted molar refractivity (Wildman–Crippen MR) is 59.2 cm³/mol. The van der Waals surface area contributed by atoms with Crippen molar-refractivity contribution in [3.63, 3.8) is 0 Å². The third kappa shape index (κ3) is 4.31. The van der Waals surface area contributed by atoms with Crippen molar-refractivity contribution < 1.29 is 19.4 Å². The molecule has 4 nitrogen and oxygen atoms in total. The third-order valence-electron chi connectivity index (χ3n) is 2.05. The summed E-state index contributed by atoms with van der Waals surface area (Å²) in [6.45, 7) is 1.58. The fourth-order valence-electron chi connectivity index (χ4n) is 1.19. The summed E-state index contributed by atoms with van der Waals surface area (Å²) in [6, 6.07) is 9.12. The molecule has 0 aromatic heterocycles. The molecule has 0 saturated carbocycles. The van der Waals surface area contributed by atoms with Crippen LogP contribution in [0.3, 0.4) is 0 Å². The summed E-state index contributed by atoms with van der Waals surface area (Å²) in [5.74, 6) is 0.203. The molecule has 1 rings (SSSR count). The van der Waals surface area contributed by atoms with Gasteiger partial charge in [-0.2, -0.15) is 0 Å². The van der Waals surface area contributed by atoms with E-state index in [2.05, 4.69) is 4.74 Å². The lowest BCUT2D eigenvalue weighted by atomic mass is 10.0. The van der Waals surface area contributed by atoms with Crippen molar-refractivity contribution in [2.45, 2.75) is 18.9 Å². The Morgan fingerprint density at radius 1 is 1.38 bits per heavy atom. The first-order chi connectivity index (χ1) is 7.53. The van der Waals surface area contributed by atoms with Gasteiger partial charge in [-0.25, -0.2) is 0 Å². The van der Waals surface area contributed by atoms with Crippen molar-refractivity contribution in [2.24, 2.45) is 0 Å². The van der Waals surface area contributed by atoms with E-state index in [-0.39, 0.29) is 13.0 Å². The molecule has 1 aromatic rings. The summed E-state index contributed by atoms with van der Waals surface area (Å²) in [7, 11) is 1.29. The highest BCUT2D eigenvalue weighted by Crippen LogP contribution is 2.15. The standard InChI is InChI=1S/C12H16O4/c1-12(14,8-11(13)15-2)9-16-10-6-4-3-5-7-10/h3-7,14H,8-9H2,1-2H3. The van der Waals surface area contributed by atoms with Gasteiger partial charge in [-0.15, -0.1) is 0 Å². The van der Waals surface area contributed by atoms with E-state index in [4.69, 9.17) is 4.74 Å². The summed E-state index contributed by atoms with van der Waals surface area (Å²) >= 11 is 0. The number of carbonyl (C=O) groups excluding carboxylic acids is 1. The van der Waals surface area contributed by atoms with E-state index in [9.17, 15) is 9.90 Å². The number of rotatable bonds is 5. The van der Waals surface area contributed by atoms with Crippen LogP contribution in [0.15, 0.2) is 30.3 Å². The molecule has 0 fully saturated rings. The van der Waals surface area contributed by atoms with Crippen LogP contribution < -0.4 is 4.74 Å². The normalized spacial score (nSPS) is 13.9. The zero-order valence-electron chi connectivity index (χ0n) is 9.47. The molecule has 0 bridgehead atoms. The van der Waals surface area contributed by atoms with Crippen LogP contribution in [0.25, 0.3) is 0 Å². The van der Waals surface area contributed by atoms with Crippen molar-refractivity contribution in [3.8, 4) is 5.75 Å². The molecular weight excluding hydrogens is 208 g/mol. The number of benzene rings is 1.